The van der Waals surface area contributed by atoms with Crippen molar-refractivity contribution in [1.29, 1.82) is 0 Å². The van der Waals surface area contributed by atoms with Gasteiger partial charge in [-0.1, -0.05) is 6.92 Å². The van der Waals surface area contributed by atoms with E-state index < -0.39 is 6.10 Å². The van der Waals surface area contributed by atoms with Gasteiger partial charge in [0.15, 0.2) is 0 Å². The molecule has 4 heteroatoms. The molecule has 0 saturated carbocycles. The Kier molecular flexibility index (Phi) is 4.49. The first-order valence-electron chi connectivity index (χ1n) is 4.85. The highest BCUT2D eigenvalue weighted by atomic mass is 16.5. The van der Waals surface area contributed by atoms with Crippen LogP contribution in [0.5, 0.6) is 0 Å². The van der Waals surface area contributed by atoms with E-state index in [4.69, 9.17) is 4.74 Å². The van der Waals surface area contributed by atoms with Crippen LogP contribution in [0.25, 0.3) is 0 Å². The van der Waals surface area contributed by atoms with Crippen molar-refractivity contribution in [1.82, 2.24) is 9.97 Å². The number of aliphatic hydroxyl groups is 1. The number of aromatic nitrogens is 2. The van der Waals surface area contributed by atoms with Gasteiger partial charge in [-0.2, -0.15) is 0 Å². The quantitative estimate of drug-likeness (QED) is 0.771. The van der Waals surface area contributed by atoms with Crippen molar-refractivity contribution in [3.05, 3.63) is 24.3 Å². The molecule has 1 aromatic rings. The van der Waals surface area contributed by atoms with Crippen molar-refractivity contribution >= 4 is 0 Å². The van der Waals surface area contributed by atoms with Gasteiger partial charge in [-0.05, 0) is 13.3 Å². The van der Waals surface area contributed by atoms with Gasteiger partial charge < -0.3 is 9.84 Å². The largest absolute Gasteiger partial charge is 0.384 e. The summed E-state index contributed by atoms with van der Waals surface area (Å²) in [7, 11) is 0. The van der Waals surface area contributed by atoms with Gasteiger partial charge in [0.05, 0.1) is 18.0 Å². The van der Waals surface area contributed by atoms with Crippen LogP contribution in [0, 0.1) is 0 Å². The summed E-state index contributed by atoms with van der Waals surface area (Å²) in [5, 5.41) is 9.88. The van der Waals surface area contributed by atoms with Crippen LogP contribution in [-0.2, 0) is 4.74 Å². The predicted molar refractivity (Wildman–Crippen MR) is 52.7 cm³/mol. The molecule has 1 rings (SSSR count). The van der Waals surface area contributed by atoms with Gasteiger partial charge in [-0.25, -0.2) is 0 Å². The monoisotopic (exact) mass is 196 g/mol. The molecule has 0 fully saturated rings. The summed E-state index contributed by atoms with van der Waals surface area (Å²) in [5.74, 6) is 0. The number of nitrogens with zero attached hydrogens (tertiary/aromatic N) is 2. The third-order valence-corrected chi connectivity index (χ3v) is 2.02. The molecule has 0 spiro atoms. The molecule has 0 aliphatic carbocycles. The highest BCUT2D eigenvalue weighted by Gasteiger charge is 2.20. The van der Waals surface area contributed by atoms with Crippen molar-refractivity contribution in [2.24, 2.45) is 0 Å². The van der Waals surface area contributed by atoms with Crippen LogP contribution < -0.4 is 0 Å². The van der Waals surface area contributed by atoms with Crippen LogP contribution in [0.3, 0.4) is 0 Å². The molecule has 0 radical (unpaired) electrons. The molecule has 4 nitrogen and oxygen atoms in total. The van der Waals surface area contributed by atoms with Crippen LogP contribution in [0.15, 0.2) is 18.6 Å². The normalized spacial score (nSPS) is 15.1. The molecule has 0 saturated heterocycles. The third-order valence-electron chi connectivity index (χ3n) is 2.02. The smallest absolute Gasteiger partial charge is 0.124 e. The first-order valence-corrected chi connectivity index (χ1v) is 4.85. The minimum absolute atomic E-state index is 0.198. The molecule has 1 aromatic heterocycles. The Morgan fingerprint density at radius 1 is 1.43 bits per heavy atom. The number of hydrogen-bond acceptors (Lipinski definition) is 4. The standard InChI is InChI=1S/C10H16N2O2/c1-3-9(14-4-2)10(13)8-7-11-5-6-12-8/h5-7,9-10,13H,3-4H2,1-2H3. The zero-order valence-electron chi connectivity index (χ0n) is 8.55. The van der Waals surface area contributed by atoms with Crippen LogP contribution in [0.2, 0.25) is 0 Å². The fourth-order valence-electron chi connectivity index (χ4n) is 1.30. The lowest BCUT2D eigenvalue weighted by atomic mass is 10.1. The highest BCUT2D eigenvalue weighted by Crippen LogP contribution is 2.18. The second-order valence-corrected chi connectivity index (χ2v) is 2.98. The Morgan fingerprint density at radius 2 is 2.21 bits per heavy atom. The van der Waals surface area contributed by atoms with Gasteiger partial charge in [0.1, 0.15) is 6.10 Å². The molecule has 0 aliphatic heterocycles. The molecule has 2 unspecified atom stereocenters. The number of rotatable bonds is 5. The summed E-state index contributed by atoms with van der Waals surface area (Å²) in [4.78, 5) is 7.94. The third kappa shape index (κ3) is 2.75. The Bertz CT molecular complexity index is 254. The van der Waals surface area contributed by atoms with E-state index in [1.807, 2.05) is 13.8 Å². The Labute approximate surface area is 84.0 Å². The zero-order valence-corrected chi connectivity index (χ0v) is 8.55. The SMILES string of the molecule is CCOC(CC)C(O)c1cnccn1. The lowest BCUT2D eigenvalue weighted by Gasteiger charge is -2.20. The molecule has 0 aliphatic rings. The van der Waals surface area contributed by atoms with Crippen LogP contribution in [0.4, 0.5) is 0 Å². The molecule has 78 valence electrons. The van der Waals surface area contributed by atoms with E-state index in [9.17, 15) is 5.11 Å². The van der Waals surface area contributed by atoms with E-state index in [0.717, 1.165) is 6.42 Å². The van der Waals surface area contributed by atoms with E-state index in [1.165, 1.54) is 0 Å². The van der Waals surface area contributed by atoms with Gasteiger partial charge in [-0.3, -0.25) is 9.97 Å². The van der Waals surface area contributed by atoms with E-state index in [-0.39, 0.29) is 6.10 Å². The molecule has 0 amide bonds. The second kappa shape index (κ2) is 5.67. The first kappa shape index (κ1) is 11.1. The topological polar surface area (TPSA) is 55.2 Å². The minimum Gasteiger partial charge on any atom is -0.384 e. The van der Waals surface area contributed by atoms with Gasteiger partial charge in [0, 0.05) is 19.0 Å². The Hall–Kier alpha value is -1.00. The summed E-state index contributed by atoms with van der Waals surface area (Å²) in [6, 6.07) is 0. The van der Waals surface area contributed by atoms with E-state index in [0.29, 0.717) is 12.3 Å². The summed E-state index contributed by atoms with van der Waals surface area (Å²) in [5.41, 5.74) is 0.563. The summed E-state index contributed by atoms with van der Waals surface area (Å²) in [6.45, 7) is 4.47. The molecule has 0 bridgehead atoms. The van der Waals surface area contributed by atoms with E-state index in [2.05, 4.69) is 9.97 Å². The molecule has 14 heavy (non-hydrogen) atoms. The fraction of sp³-hybridized carbons (Fsp3) is 0.600. The maximum absolute atomic E-state index is 9.88. The number of aliphatic hydroxyl groups excluding tert-OH is 1. The summed E-state index contributed by atoms with van der Waals surface area (Å²) < 4.78 is 5.39. The summed E-state index contributed by atoms with van der Waals surface area (Å²) in [6.07, 6.45) is 4.58. The van der Waals surface area contributed by atoms with Crippen molar-refractivity contribution in [2.75, 3.05) is 6.61 Å². The fourth-order valence-corrected chi connectivity index (χ4v) is 1.30. The minimum atomic E-state index is -0.686. The lowest BCUT2D eigenvalue weighted by Crippen LogP contribution is -2.22. The van der Waals surface area contributed by atoms with E-state index >= 15 is 0 Å². The lowest BCUT2D eigenvalue weighted by molar-refractivity contribution is -0.0375. The zero-order chi connectivity index (χ0) is 10.4. The number of ether oxygens (including phenoxy) is 1. The van der Waals surface area contributed by atoms with Gasteiger partial charge in [-0.15, -0.1) is 0 Å². The van der Waals surface area contributed by atoms with Crippen molar-refractivity contribution in [3.63, 3.8) is 0 Å². The van der Waals surface area contributed by atoms with Crippen LogP contribution in [-0.4, -0.2) is 27.8 Å². The Balaban J connectivity index is 2.67. The van der Waals surface area contributed by atoms with Gasteiger partial charge in [0.25, 0.3) is 0 Å². The molecule has 0 aromatic carbocycles. The molecule has 2 atom stereocenters. The molecule has 1 N–H and O–H groups in total. The van der Waals surface area contributed by atoms with Crippen molar-refractivity contribution in [3.8, 4) is 0 Å². The first-order chi connectivity index (χ1) is 6.79. The average Bonchev–Trinajstić information content (AvgIpc) is 2.26. The second-order valence-electron chi connectivity index (χ2n) is 2.98. The predicted octanol–water partition coefficient (Wildman–Crippen LogP) is 1.33. The number of hydrogen-bond donors (Lipinski definition) is 1. The molecular formula is C10H16N2O2. The summed E-state index contributed by atoms with van der Waals surface area (Å²) >= 11 is 0. The Morgan fingerprint density at radius 3 is 2.71 bits per heavy atom. The van der Waals surface area contributed by atoms with E-state index in [1.54, 1.807) is 18.6 Å². The van der Waals surface area contributed by atoms with Crippen molar-refractivity contribution in [2.45, 2.75) is 32.5 Å². The average molecular weight is 196 g/mol. The molecule has 1 heterocycles. The van der Waals surface area contributed by atoms with Gasteiger partial charge in [0.2, 0.25) is 0 Å². The van der Waals surface area contributed by atoms with Gasteiger partial charge >= 0.3 is 0 Å². The highest BCUT2D eigenvalue weighted by molar-refractivity contribution is 5.01. The maximum Gasteiger partial charge on any atom is 0.124 e. The van der Waals surface area contributed by atoms with Crippen molar-refractivity contribution < 1.29 is 9.84 Å². The molecular weight excluding hydrogens is 180 g/mol. The van der Waals surface area contributed by atoms with Crippen LogP contribution in [0.1, 0.15) is 32.1 Å². The van der Waals surface area contributed by atoms with Crippen LogP contribution >= 0.6 is 0 Å². The maximum atomic E-state index is 9.88.